The second kappa shape index (κ2) is 6.16. The first-order chi connectivity index (χ1) is 9.56. The van der Waals surface area contributed by atoms with E-state index in [0.717, 1.165) is 0 Å². The number of benzene rings is 1. The van der Waals surface area contributed by atoms with Crippen molar-refractivity contribution >= 4 is 11.6 Å². The summed E-state index contributed by atoms with van der Waals surface area (Å²) in [5, 5.41) is 3.03. The second-order valence-corrected chi connectivity index (χ2v) is 5.98. The first kappa shape index (κ1) is 14.7. The predicted molar refractivity (Wildman–Crippen MR) is 80.9 cm³/mol. The highest BCUT2D eigenvalue weighted by Gasteiger charge is 2.27. The summed E-state index contributed by atoms with van der Waals surface area (Å²) in [6, 6.07) is 5.28. The molecule has 110 valence electrons. The Bertz CT molecular complexity index is 479. The van der Waals surface area contributed by atoms with Gasteiger partial charge >= 0.3 is 0 Å². The number of anilines is 1. The molecule has 1 aromatic rings. The van der Waals surface area contributed by atoms with Gasteiger partial charge in [0.1, 0.15) is 5.75 Å². The van der Waals surface area contributed by atoms with Gasteiger partial charge in [0.05, 0.1) is 18.4 Å². The third-order valence-electron chi connectivity index (χ3n) is 4.27. The lowest BCUT2D eigenvalue weighted by molar-refractivity contribution is 0.0920. The topological polar surface area (TPSA) is 64.3 Å². The van der Waals surface area contributed by atoms with E-state index in [1.165, 1.54) is 32.1 Å². The molecule has 3 N–H and O–H groups in total. The Balaban J connectivity index is 2.01. The van der Waals surface area contributed by atoms with Crippen molar-refractivity contribution in [3.8, 4) is 5.75 Å². The van der Waals surface area contributed by atoms with Crippen LogP contribution in [0.4, 0.5) is 5.69 Å². The summed E-state index contributed by atoms with van der Waals surface area (Å²) in [4.78, 5) is 12.3. The number of nitrogens with one attached hydrogen (secondary N) is 1. The Kier molecular flexibility index (Phi) is 4.53. The molecular formula is C16H24N2O2. The number of nitrogens with two attached hydrogens (primary N) is 1. The van der Waals surface area contributed by atoms with Crippen molar-refractivity contribution in [3.05, 3.63) is 23.8 Å². The van der Waals surface area contributed by atoms with Crippen LogP contribution in [0.2, 0.25) is 0 Å². The van der Waals surface area contributed by atoms with Gasteiger partial charge in [-0.05, 0) is 30.4 Å². The zero-order valence-corrected chi connectivity index (χ0v) is 12.4. The number of methoxy groups -OCH3 is 1. The number of amides is 1. The van der Waals surface area contributed by atoms with Gasteiger partial charge in [-0.1, -0.05) is 32.3 Å². The molecule has 0 aromatic heterocycles. The van der Waals surface area contributed by atoms with Gasteiger partial charge in [0.2, 0.25) is 0 Å². The van der Waals surface area contributed by atoms with E-state index >= 15 is 0 Å². The van der Waals surface area contributed by atoms with Gasteiger partial charge in [-0.3, -0.25) is 4.79 Å². The minimum atomic E-state index is -0.117. The summed E-state index contributed by atoms with van der Waals surface area (Å²) < 4.78 is 5.15. The van der Waals surface area contributed by atoms with Crippen LogP contribution in [-0.4, -0.2) is 19.6 Å². The Morgan fingerprint density at radius 2 is 2.05 bits per heavy atom. The lowest BCUT2D eigenvalue weighted by Gasteiger charge is -2.33. The number of hydrogen-bond donors (Lipinski definition) is 2. The third kappa shape index (κ3) is 3.24. The maximum Gasteiger partial charge on any atom is 0.253 e. The number of ether oxygens (including phenoxy) is 1. The highest BCUT2D eigenvalue weighted by atomic mass is 16.5. The molecule has 0 radical (unpaired) electrons. The monoisotopic (exact) mass is 276 g/mol. The molecule has 1 fully saturated rings. The highest BCUT2D eigenvalue weighted by molar-refractivity contribution is 6.00. The quantitative estimate of drug-likeness (QED) is 0.831. The molecule has 1 aliphatic carbocycles. The fraction of sp³-hybridized carbons (Fsp3) is 0.562. The van der Waals surface area contributed by atoms with Crippen molar-refractivity contribution in [2.24, 2.45) is 5.41 Å². The number of para-hydroxylation sites is 1. The van der Waals surface area contributed by atoms with Gasteiger partial charge in [-0.2, -0.15) is 0 Å². The minimum absolute atomic E-state index is 0.117. The fourth-order valence-corrected chi connectivity index (χ4v) is 2.89. The molecule has 1 saturated carbocycles. The van der Waals surface area contributed by atoms with Crippen molar-refractivity contribution in [2.45, 2.75) is 39.0 Å². The Hall–Kier alpha value is -1.71. The number of carbonyl (C=O) groups excluding carboxylic acids is 1. The normalized spacial score (nSPS) is 17.5. The summed E-state index contributed by atoms with van der Waals surface area (Å²) in [6.07, 6.45) is 6.19. The van der Waals surface area contributed by atoms with E-state index in [0.29, 0.717) is 23.5 Å². The first-order valence-corrected chi connectivity index (χ1v) is 7.26. The van der Waals surface area contributed by atoms with E-state index in [4.69, 9.17) is 10.5 Å². The molecule has 1 amide bonds. The zero-order chi connectivity index (χ0) is 14.6. The molecule has 4 heteroatoms. The average Bonchev–Trinajstić information content (AvgIpc) is 2.46. The summed E-state index contributed by atoms with van der Waals surface area (Å²) in [6.45, 7) is 2.96. The molecule has 0 aliphatic heterocycles. The lowest BCUT2D eigenvalue weighted by Crippen LogP contribution is -2.37. The largest absolute Gasteiger partial charge is 0.495 e. The van der Waals surface area contributed by atoms with Crippen molar-refractivity contribution in [2.75, 3.05) is 19.4 Å². The van der Waals surface area contributed by atoms with Crippen molar-refractivity contribution < 1.29 is 9.53 Å². The standard InChI is InChI=1S/C16H24N2O2/c1-16(9-4-3-5-10-16)11-18-15(19)12-7-6-8-13(20-2)14(12)17/h6-8H,3-5,9-11,17H2,1-2H3,(H,18,19). The van der Waals surface area contributed by atoms with E-state index < -0.39 is 0 Å². The molecule has 0 atom stereocenters. The van der Waals surface area contributed by atoms with E-state index in [1.54, 1.807) is 25.3 Å². The van der Waals surface area contributed by atoms with Crippen LogP contribution < -0.4 is 15.8 Å². The molecule has 0 unspecified atom stereocenters. The van der Waals surface area contributed by atoms with E-state index in [9.17, 15) is 4.79 Å². The summed E-state index contributed by atoms with van der Waals surface area (Å²) >= 11 is 0. The van der Waals surface area contributed by atoms with Crippen LogP contribution in [0, 0.1) is 5.41 Å². The lowest BCUT2D eigenvalue weighted by atomic mass is 9.76. The van der Waals surface area contributed by atoms with Crippen LogP contribution in [0.3, 0.4) is 0 Å². The maximum absolute atomic E-state index is 12.3. The summed E-state index contributed by atoms with van der Waals surface area (Å²) in [7, 11) is 1.55. The zero-order valence-electron chi connectivity index (χ0n) is 12.4. The SMILES string of the molecule is COc1cccc(C(=O)NCC2(C)CCCCC2)c1N. The molecule has 4 nitrogen and oxygen atoms in total. The summed E-state index contributed by atoms with van der Waals surface area (Å²) in [5.41, 5.74) is 7.07. The van der Waals surface area contributed by atoms with Gasteiger partial charge in [0.25, 0.3) is 5.91 Å². The number of nitrogen functional groups attached to an aromatic ring is 1. The third-order valence-corrected chi connectivity index (χ3v) is 4.27. The van der Waals surface area contributed by atoms with Crippen molar-refractivity contribution in [1.82, 2.24) is 5.32 Å². The molecule has 20 heavy (non-hydrogen) atoms. The number of rotatable bonds is 4. The predicted octanol–water partition coefficient (Wildman–Crippen LogP) is 2.98. The Labute approximate surface area is 120 Å². The Morgan fingerprint density at radius 3 is 2.70 bits per heavy atom. The molecule has 0 bridgehead atoms. The van der Waals surface area contributed by atoms with E-state index in [-0.39, 0.29) is 11.3 Å². The summed E-state index contributed by atoms with van der Waals surface area (Å²) in [5.74, 6) is 0.426. The van der Waals surface area contributed by atoms with Crippen molar-refractivity contribution in [1.29, 1.82) is 0 Å². The molecule has 1 aromatic carbocycles. The second-order valence-electron chi connectivity index (χ2n) is 5.98. The van der Waals surface area contributed by atoms with Crippen molar-refractivity contribution in [3.63, 3.8) is 0 Å². The highest BCUT2D eigenvalue weighted by Crippen LogP contribution is 2.35. The molecule has 1 aliphatic rings. The van der Waals surface area contributed by atoms with E-state index in [1.807, 2.05) is 0 Å². The first-order valence-electron chi connectivity index (χ1n) is 7.26. The number of hydrogen-bond acceptors (Lipinski definition) is 3. The van der Waals surface area contributed by atoms with Gasteiger partial charge in [0, 0.05) is 6.54 Å². The van der Waals surface area contributed by atoms with Gasteiger partial charge in [-0.25, -0.2) is 0 Å². The van der Waals surface area contributed by atoms with E-state index in [2.05, 4.69) is 12.2 Å². The smallest absolute Gasteiger partial charge is 0.253 e. The van der Waals surface area contributed by atoms with Crippen LogP contribution in [0.15, 0.2) is 18.2 Å². The van der Waals surface area contributed by atoms with Crippen LogP contribution in [0.5, 0.6) is 5.75 Å². The van der Waals surface area contributed by atoms with Crippen LogP contribution in [0.25, 0.3) is 0 Å². The molecule has 0 heterocycles. The average molecular weight is 276 g/mol. The molecule has 0 saturated heterocycles. The van der Waals surface area contributed by atoms with Gasteiger partial charge in [0.15, 0.2) is 0 Å². The maximum atomic E-state index is 12.3. The van der Waals surface area contributed by atoms with Crippen LogP contribution >= 0.6 is 0 Å². The van der Waals surface area contributed by atoms with Gasteiger partial charge < -0.3 is 15.8 Å². The van der Waals surface area contributed by atoms with Crippen LogP contribution in [0.1, 0.15) is 49.4 Å². The fourth-order valence-electron chi connectivity index (χ4n) is 2.89. The van der Waals surface area contributed by atoms with Gasteiger partial charge in [-0.15, -0.1) is 0 Å². The molecule has 2 rings (SSSR count). The Morgan fingerprint density at radius 1 is 1.35 bits per heavy atom. The molecule has 0 spiro atoms. The number of carbonyl (C=O) groups is 1. The van der Waals surface area contributed by atoms with Crippen LogP contribution in [-0.2, 0) is 0 Å². The molecular weight excluding hydrogens is 252 g/mol. The minimum Gasteiger partial charge on any atom is -0.495 e.